The quantitative estimate of drug-likeness (QED) is 0.767. The predicted octanol–water partition coefficient (Wildman–Crippen LogP) is 0.421. The average Bonchev–Trinajstić information content (AvgIpc) is 2.43. The number of hydrogen-bond acceptors (Lipinski definition) is 4. The first-order valence-corrected chi connectivity index (χ1v) is 7.15. The van der Waals surface area contributed by atoms with Gasteiger partial charge >= 0.3 is 0 Å². The van der Waals surface area contributed by atoms with Crippen LogP contribution in [-0.2, 0) is 14.6 Å². The van der Waals surface area contributed by atoms with E-state index in [2.05, 4.69) is 0 Å². The van der Waals surface area contributed by atoms with Crippen LogP contribution in [0.25, 0.3) is 0 Å². The summed E-state index contributed by atoms with van der Waals surface area (Å²) in [6.45, 7) is 2.82. The summed E-state index contributed by atoms with van der Waals surface area (Å²) in [5.74, 6) is 0.445. The maximum Gasteiger partial charge on any atom is 0.154 e. The van der Waals surface area contributed by atoms with E-state index in [1.165, 1.54) is 6.26 Å². The fourth-order valence-electron chi connectivity index (χ4n) is 2.80. The molecule has 0 bridgehead atoms. The van der Waals surface area contributed by atoms with Crippen molar-refractivity contribution in [3.05, 3.63) is 0 Å². The zero-order valence-electron chi connectivity index (χ0n) is 9.69. The monoisotopic (exact) mass is 235 g/mol. The number of rotatable bonds is 4. The van der Waals surface area contributed by atoms with Crippen LogP contribution in [0.4, 0.5) is 0 Å². The molecule has 2 N–H and O–H groups in total. The zero-order valence-corrected chi connectivity index (χ0v) is 10.5. The van der Waals surface area contributed by atoms with Crippen molar-refractivity contribution in [2.75, 3.05) is 26.5 Å². The van der Waals surface area contributed by atoms with Crippen molar-refractivity contribution in [3.8, 4) is 0 Å². The van der Waals surface area contributed by atoms with E-state index in [1.807, 2.05) is 6.92 Å². The van der Waals surface area contributed by atoms with Crippen LogP contribution >= 0.6 is 0 Å². The van der Waals surface area contributed by atoms with Gasteiger partial charge in [-0.25, -0.2) is 8.42 Å². The van der Waals surface area contributed by atoms with Crippen LogP contribution < -0.4 is 5.73 Å². The van der Waals surface area contributed by atoms with E-state index in [-0.39, 0.29) is 12.5 Å². The average molecular weight is 235 g/mol. The Hall–Kier alpha value is -0.130. The standard InChI is InChI=1S/C10H21NO3S/c1-8-4-9(6-14-2)5-10(8,7-11)15(3,12)13/h8-9H,4-7,11H2,1-3H3/t8-,9+,10-/m1/s1. The number of nitrogens with two attached hydrogens (primary N) is 1. The molecule has 0 heterocycles. The molecule has 5 heteroatoms. The van der Waals surface area contributed by atoms with Gasteiger partial charge in [0.05, 0.1) is 4.75 Å². The lowest BCUT2D eigenvalue weighted by molar-refractivity contribution is 0.152. The van der Waals surface area contributed by atoms with Gasteiger partial charge in [-0.1, -0.05) is 6.92 Å². The fourth-order valence-corrected chi connectivity index (χ4v) is 4.47. The van der Waals surface area contributed by atoms with E-state index in [9.17, 15) is 8.42 Å². The molecule has 1 fully saturated rings. The molecule has 0 saturated heterocycles. The van der Waals surface area contributed by atoms with Gasteiger partial charge in [-0.15, -0.1) is 0 Å². The highest BCUT2D eigenvalue weighted by atomic mass is 32.2. The van der Waals surface area contributed by atoms with Crippen LogP contribution in [0.5, 0.6) is 0 Å². The SMILES string of the molecule is COC[C@H]1C[C@@H](C)[C@@](CN)(S(C)(=O)=O)C1. The summed E-state index contributed by atoms with van der Waals surface area (Å²) in [5, 5.41) is 0. The van der Waals surface area contributed by atoms with Crippen molar-refractivity contribution in [1.82, 2.24) is 0 Å². The molecule has 90 valence electrons. The van der Waals surface area contributed by atoms with Crippen LogP contribution in [0.15, 0.2) is 0 Å². The molecule has 3 atom stereocenters. The van der Waals surface area contributed by atoms with Crippen LogP contribution in [0, 0.1) is 11.8 Å². The van der Waals surface area contributed by atoms with E-state index in [0.717, 1.165) is 6.42 Å². The molecule has 1 aliphatic carbocycles. The molecule has 0 amide bonds. The third-order valence-corrected chi connectivity index (χ3v) is 5.92. The Morgan fingerprint density at radius 3 is 2.47 bits per heavy atom. The minimum atomic E-state index is -3.10. The molecule has 0 aromatic heterocycles. The van der Waals surface area contributed by atoms with Gasteiger partial charge in [0.1, 0.15) is 0 Å². The van der Waals surface area contributed by atoms with Gasteiger partial charge in [0, 0.05) is 26.5 Å². The molecule has 15 heavy (non-hydrogen) atoms. The number of sulfone groups is 1. The smallest absolute Gasteiger partial charge is 0.154 e. The molecule has 0 aromatic carbocycles. The van der Waals surface area contributed by atoms with Crippen molar-refractivity contribution >= 4 is 9.84 Å². The molecule has 0 unspecified atom stereocenters. The topological polar surface area (TPSA) is 69.4 Å². The zero-order chi connectivity index (χ0) is 11.7. The summed E-state index contributed by atoms with van der Waals surface area (Å²) in [4.78, 5) is 0. The van der Waals surface area contributed by atoms with Crippen LogP contribution in [0.2, 0.25) is 0 Å². The summed E-state index contributed by atoms with van der Waals surface area (Å²) < 4.78 is 28.0. The van der Waals surface area contributed by atoms with Gasteiger partial charge in [-0.2, -0.15) is 0 Å². The number of hydrogen-bond donors (Lipinski definition) is 1. The van der Waals surface area contributed by atoms with Gasteiger partial charge in [-0.3, -0.25) is 0 Å². The molecule has 0 radical (unpaired) electrons. The molecule has 4 nitrogen and oxygen atoms in total. The Labute approximate surface area is 92.1 Å². The highest BCUT2D eigenvalue weighted by Crippen LogP contribution is 2.44. The van der Waals surface area contributed by atoms with Gasteiger partial charge in [0.25, 0.3) is 0 Å². The van der Waals surface area contributed by atoms with Gasteiger partial charge in [0.2, 0.25) is 0 Å². The van der Waals surface area contributed by atoms with E-state index < -0.39 is 14.6 Å². The Kier molecular flexibility index (Phi) is 3.79. The molecule has 1 saturated carbocycles. The van der Waals surface area contributed by atoms with Crippen LogP contribution in [0.1, 0.15) is 19.8 Å². The highest BCUT2D eigenvalue weighted by Gasteiger charge is 2.51. The lowest BCUT2D eigenvalue weighted by atomic mass is 9.97. The maximum absolute atomic E-state index is 11.8. The molecular formula is C10H21NO3S. The van der Waals surface area contributed by atoms with Gasteiger partial charge in [0.15, 0.2) is 9.84 Å². The molecular weight excluding hydrogens is 214 g/mol. The summed E-state index contributed by atoms with van der Waals surface area (Å²) in [5.41, 5.74) is 5.68. The minimum Gasteiger partial charge on any atom is -0.384 e. The van der Waals surface area contributed by atoms with Crippen molar-refractivity contribution in [1.29, 1.82) is 0 Å². The van der Waals surface area contributed by atoms with Crippen molar-refractivity contribution in [2.45, 2.75) is 24.5 Å². The second kappa shape index (κ2) is 4.39. The third-order valence-electron chi connectivity index (χ3n) is 3.71. The first kappa shape index (κ1) is 12.9. The molecule has 0 aliphatic heterocycles. The Balaban J connectivity index is 2.93. The Morgan fingerprint density at radius 2 is 2.13 bits per heavy atom. The highest BCUT2D eigenvalue weighted by molar-refractivity contribution is 7.92. The van der Waals surface area contributed by atoms with Crippen molar-refractivity contribution < 1.29 is 13.2 Å². The minimum absolute atomic E-state index is 0.123. The second-order valence-corrected chi connectivity index (χ2v) is 7.06. The summed E-state index contributed by atoms with van der Waals surface area (Å²) in [7, 11) is -1.45. The lowest BCUT2D eigenvalue weighted by Crippen LogP contribution is -2.47. The predicted molar refractivity (Wildman–Crippen MR) is 60.4 cm³/mol. The van der Waals surface area contributed by atoms with E-state index in [0.29, 0.717) is 18.9 Å². The maximum atomic E-state index is 11.8. The normalized spacial score (nSPS) is 37.1. The molecule has 1 rings (SSSR count). The molecule has 0 aromatic rings. The molecule has 0 spiro atoms. The lowest BCUT2D eigenvalue weighted by Gasteiger charge is -2.30. The molecule has 1 aliphatic rings. The first-order chi connectivity index (χ1) is 6.87. The number of ether oxygens (including phenoxy) is 1. The summed E-state index contributed by atoms with van der Waals surface area (Å²) >= 11 is 0. The van der Waals surface area contributed by atoms with Crippen molar-refractivity contribution in [2.24, 2.45) is 17.6 Å². The van der Waals surface area contributed by atoms with Crippen LogP contribution in [-0.4, -0.2) is 39.7 Å². The Morgan fingerprint density at radius 1 is 1.53 bits per heavy atom. The third kappa shape index (κ3) is 2.19. The van der Waals surface area contributed by atoms with Gasteiger partial charge in [-0.05, 0) is 24.7 Å². The Bertz CT molecular complexity index is 315. The van der Waals surface area contributed by atoms with E-state index >= 15 is 0 Å². The van der Waals surface area contributed by atoms with Gasteiger partial charge < -0.3 is 10.5 Å². The fraction of sp³-hybridized carbons (Fsp3) is 1.00. The largest absolute Gasteiger partial charge is 0.384 e. The number of methoxy groups -OCH3 is 1. The summed E-state index contributed by atoms with van der Waals surface area (Å²) in [6, 6.07) is 0. The van der Waals surface area contributed by atoms with Crippen molar-refractivity contribution in [3.63, 3.8) is 0 Å². The second-order valence-electron chi connectivity index (χ2n) is 4.70. The summed E-state index contributed by atoms with van der Waals surface area (Å²) in [6.07, 6.45) is 2.82. The van der Waals surface area contributed by atoms with E-state index in [1.54, 1.807) is 7.11 Å². The first-order valence-electron chi connectivity index (χ1n) is 5.26. The van der Waals surface area contributed by atoms with Crippen LogP contribution in [0.3, 0.4) is 0 Å². The van der Waals surface area contributed by atoms with E-state index in [4.69, 9.17) is 10.5 Å².